The molecule has 0 atom stereocenters. The minimum absolute atomic E-state index is 0.182. The van der Waals surface area contributed by atoms with Crippen LogP contribution in [-0.2, 0) is 6.42 Å². The van der Waals surface area contributed by atoms with Gasteiger partial charge in [-0.1, -0.05) is 17.4 Å². The number of aromatic nitrogens is 2. The molecule has 0 fully saturated rings. The second kappa shape index (κ2) is 5.03. The first kappa shape index (κ1) is 11.0. The number of nitrogens with one attached hydrogen (secondary N) is 1. The van der Waals surface area contributed by atoms with E-state index in [2.05, 4.69) is 15.5 Å². The van der Waals surface area contributed by atoms with Crippen LogP contribution in [0.3, 0.4) is 0 Å². The van der Waals surface area contributed by atoms with Crippen LogP contribution in [0, 0.1) is 12.7 Å². The van der Waals surface area contributed by atoms with E-state index in [1.165, 1.54) is 17.4 Å². The van der Waals surface area contributed by atoms with Gasteiger partial charge in [0.25, 0.3) is 0 Å². The topological polar surface area (TPSA) is 37.8 Å². The Bertz CT molecular complexity index is 456. The number of anilines is 1. The molecule has 0 saturated heterocycles. The van der Waals surface area contributed by atoms with Gasteiger partial charge < -0.3 is 5.32 Å². The van der Waals surface area contributed by atoms with E-state index < -0.39 is 0 Å². The van der Waals surface area contributed by atoms with Crippen LogP contribution in [0.2, 0.25) is 0 Å². The summed E-state index contributed by atoms with van der Waals surface area (Å²) in [6.45, 7) is 2.70. The van der Waals surface area contributed by atoms with Gasteiger partial charge in [0, 0.05) is 6.54 Å². The van der Waals surface area contributed by atoms with E-state index in [-0.39, 0.29) is 5.82 Å². The minimum Gasteiger partial charge on any atom is -0.360 e. The number of aryl methyl sites for hydroxylation is 1. The van der Waals surface area contributed by atoms with Crippen molar-refractivity contribution >= 4 is 16.5 Å². The molecule has 1 aromatic heterocycles. The SMILES string of the molecule is Cc1cc(F)ccc1CCNc1nncs1. The maximum atomic E-state index is 12.9. The molecule has 0 aliphatic rings. The number of halogens is 1. The summed E-state index contributed by atoms with van der Waals surface area (Å²) in [6.07, 6.45) is 0.853. The van der Waals surface area contributed by atoms with E-state index in [0.29, 0.717) is 0 Å². The molecule has 3 nitrogen and oxygen atoms in total. The highest BCUT2D eigenvalue weighted by molar-refractivity contribution is 7.13. The Balaban J connectivity index is 1.90. The zero-order valence-electron chi connectivity index (χ0n) is 8.90. The van der Waals surface area contributed by atoms with Crippen LogP contribution in [0.15, 0.2) is 23.7 Å². The third-order valence-corrected chi connectivity index (χ3v) is 2.98. The summed E-state index contributed by atoms with van der Waals surface area (Å²) in [5.41, 5.74) is 3.82. The number of nitrogens with zero attached hydrogens (tertiary/aromatic N) is 2. The van der Waals surface area contributed by atoms with Crippen molar-refractivity contribution in [3.05, 3.63) is 40.7 Å². The number of rotatable bonds is 4. The van der Waals surface area contributed by atoms with Crippen molar-refractivity contribution in [3.63, 3.8) is 0 Å². The van der Waals surface area contributed by atoms with E-state index in [1.807, 2.05) is 13.0 Å². The third-order valence-electron chi connectivity index (χ3n) is 2.34. The molecule has 2 rings (SSSR count). The quantitative estimate of drug-likeness (QED) is 0.888. The molecule has 0 radical (unpaired) electrons. The van der Waals surface area contributed by atoms with Gasteiger partial charge in [-0.15, -0.1) is 10.2 Å². The van der Waals surface area contributed by atoms with Gasteiger partial charge in [-0.05, 0) is 36.6 Å². The van der Waals surface area contributed by atoms with E-state index in [9.17, 15) is 4.39 Å². The van der Waals surface area contributed by atoms with Crippen molar-refractivity contribution in [3.8, 4) is 0 Å². The first-order valence-corrected chi connectivity index (χ1v) is 5.89. The molecule has 0 bridgehead atoms. The Hall–Kier alpha value is -1.49. The van der Waals surface area contributed by atoms with Gasteiger partial charge in [0.15, 0.2) is 0 Å². The van der Waals surface area contributed by atoms with E-state index in [1.54, 1.807) is 11.6 Å². The summed E-state index contributed by atoms with van der Waals surface area (Å²) in [6, 6.07) is 4.88. The van der Waals surface area contributed by atoms with Crippen LogP contribution >= 0.6 is 11.3 Å². The Kier molecular flexibility index (Phi) is 3.46. The fourth-order valence-corrected chi connectivity index (χ4v) is 1.97. The van der Waals surface area contributed by atoms with Gasteiger partial charge >= 0.3 is 0 Å². The summed E-state index contributed by atoms with van der Waals surface area (Å²) in [7, 11) is 0. The summed E-state index contributed by atoms with van der Waals surface area (Å²) in [5.74, 6) is -0.182. The lowest BCUT2D eigenvalue weighted by Gasteiger charge is -2.06. The zero-order chi connectivity index (χ0) is 11.4. The molecule has 0 spiro atoms. The van der Waals surface area contributed by atoms with Crippen LogP contribution in [0.25, 0.3) is 0 Å². The van der Waals surface area contributed by atoms with E-state index >= 15 is 0 Å². The molecule has 0 aliphatic heterocycles. The fraction of sp³-hybridized carbons (Fsp3) is 0.273. The highest BCUT2D eigenvalue weighted by atomic mass is 32.1. The van der Waals surface area contributed by atoms with Crippen molar-refractivity contribution in [1.29, 1.82) is 0 Å². The average Bonchev–Trinajstić information content (AvgIpc) is 2.74. The van der Waals surface area contributed by atoms with Gasteiger partial charge in [0.1, 0.15) is 11.3 Å². The molecule has 1 aromatic carbocycles. The Morgan fingerprint density at radius 2 is 2.31 bits per heavy atom. The van der Waals surface area contributed by atoms with Crippen LogP contribution in [0.5, 0.6) is 0 Å². The molecule has 0 aliphatic carbocycles. The molecule has 5 heteroatoms. The van der Waals surface area contributed by atoms with Crippen LogP contribution in [0.1, 0.15) is 11.1 Å². The van der Waals surface area contributed by atoms with Gasteiger partial charge in [-0.3, -0.25) is 0 Å². The second-order valence-corrected chi connectivity index (χ2v) is 4.32. The minimum atomic E-state index is -0.182. The van der Waals surface area contributed by atoms with Gasteiger partial charge in [0.05, 0.1) is 0 Å². The summed E-state index contributed by atoms with van der Waals surface area (Å²) in [4.78, 5) is 0. The standard InChI is InChI=1S/C11H12FN3S/c1-8-6-10(12)3-2-9(8)4-5-13-11-15-14-7-16-11/h2-3,6-7H,4-5H2,1H3,(H,13,15). The Labute approximate surface area is 97.3 Å². The molecule has 84 valence electrons. The summed E-state index contributed by atoms with van der Waals surface area (Å²) in [5, 5.41) is 11.6. The van der Waals surface area contributed by atoms with E-state index in [0.717, 1.165) is 29.2 Å². The highest BCUT2D eigenvalue weighted by Crippen LogP contribution is 2.12. The third kappa shape index (κ3) is 2.76. The lowest BCUT2D eigenvalue weighted by Crippen LogP contribution is -2.05. The first-order valence-electron chi connectivity index (χ1n) is 5.01. The molecule has 1 heterocycles. The first-order chi connectivity index (χ1) is 7.75. The predicted octanol–water partition coefficient (Wildman–Crippen LogP) is 2.64. The van der Waals surface area contributed by atoms with Gasteiger partial charge in [-0.25, -0.2) is 4.39 Å². The summed E-state index contributed by atoms with van der Waals surface area (Å²) >= 11 is 1.47. The molecule has 0 saturated carbocycles. The molecular weight excluding hydrogens is 225 g/mol. The second-order valence-electron chi connectivity index (χ2n) is 3.49. The van der Waals surface area contributed by atoms with Gasteiger partial charge in [-0.2, -0.15) is 0 Å². The number of hydrogen-bond acceptors (Lipinski definition) is 4. The number of hydrogen-bond donors (Lipinski definition) is 1. The molecule has 1 N–H and O–H groups in total. The van der Waals surface area contributed by atoms with Crippen molar-refractivity contribution in [2.75, 3.05) is 11.9 Å². The number of benzene rings is 1. The lowest BCUT2D eigenvalue weighted by molar-refractivity contribution is 0.625. The molecule has 16 heavy (non-hydrogen) atoms. The molecule has 0 unspecified atom stereocenters. The van der Waals surface area contributed by atoms with Gasteiger partial charge in [0.2, 0.25) is 5.13 Å². The van der Waals surface area contributed by atoms with Crippen molar-refractivity contribution < 1.29 is 4.39 Å². The Morgan fingerprint density at radius 3 is 3.00 bits per heavy atom. The maximum absolute atomic E-state index is 12.9. The van der Waals surface area contributed by atoms with Crippen LogP contribution < -0.4 is 5.32 Å². The average molecular weight is 237 g/mol. The van der Waals surface area contributed by atoms with Crippen molar-refractivity contribution in [2.45, 2.75) is 13.3 Å². The molecular formula is C11H12FN3S. The zero-order valence-corrected chi connectivity index (χ0v) is 9.72. The smallest absolute Gasteiger partial charge is 0.205 e. The predicted molar refractivity (Wildman–Crippen MR) is 63.2 cm³/mol. The Morgan fingerprint density at radius 1 is 1.44 bits per heavy atom. The van der Waals surface area contributed by atoms with E-state index in [4.69, 9.17) is 0 Å². The maximum Gasteiger partial charge on any atom is 0.205 e. The highest BCUT2D eigenvalue weighted by Gasteiger charge is 2.00. The summed E-state index contributed by atoms with van der Waals surface area (Å²) < 4.78 is 12.9. The lowest BCUT2D eigenvalue weighted by atomic mass is 10.1. The van der Waals surface area contributed by atoms with Crippen LogP contribution in [-0.4, -0.2) is 16.7 Å². The largest absolute Gasteiger partial charge is 0.360 e. The molecule has 0 amide bonds. The van der Waals surface area contributed by atoms with Crippen molar-refractivity contribution in [1.82, 2.24) is 10.2 Å². The monoisotopic (exact) mass is 237 g/mol. The normalized spacial score (nSPS) is 10.4. The molecule has 2 aromatic rings. The van der Waals surface area contributed by atoms with Crippen molar-refractivity contribution in [2.24, 2.45) is 0 Å². The van der Waals surface area contributed by atoms with Crippen LogP contribution in [0.4, 0.5) is 9.52 Å². The fourth-order valence-electron chi connectivity index (χ4n) is 1.49.